The zero-order chi connectivity index (χ0) is 15.9. The van der Waals surface area contributed by atoms with Gasteiger partial charge in [-0.25, -0.2) is 0 Å². The number of rotatable bonds is 2. The first-order valence-corrected chi connectivity index (χ1v) is 7.27. The fourth-order valence-electron chi connectivity index (χ4n) is 2.52. The van der Waals surface area contributed by atoms with Gasteiger partial charge in [0.05, 0.1) is 12.7 Å². The van der Waals surface area contributed by atoms with Crippen molar-refractivity contribution in [3.8, 4) is 11.5 Å². The number of carbonyl (C=O) groups is 1. The molecule has 3 rings (SSSR count). The van der Waals surface area contributed by atoms with E-state index in [4.69, 9.17) is 21.1 Å². The number of benzene rings is 2. The van der Waals surface area contributed by atoms with Crippen LogP contribution in [0.25, 0.3) is 6.08 Å². The Kier molecular flexibility index (Phi) is 3.67. The van der Waals surface area contributed by atoms with Gasteiger partial charge in [-0.2, -0.15) is 0 Å². The second-order valence-electron chi connectivity index (χ2n) is 5.22. The summed E-state index contributed by atoms with van der Waals surface area (Å²) in [6.07, 6.45) is 1.73. The van der Waals surface area contributed by atoms with E-state index in [0.717, 1.165) is 22.4 Å². The van der Waals surface area contributed by atoms with Crippen molar-refractivity contribution in [2.24, 2.45) is 0 Å². The lowest BCUT2D eigenvalue weighted by Gasteiger charge is -2.05. The lowest BCUT2D eigenvalue weighted by atomic mass is 10.0. The van der Waals surface area contributed by atoms with Crippen molar-refractivity contribution in [1.29, 1.82) is 0 Å². The average Bonchev–Trinajstić information content (AvgIpc) is 2.82. The van der Waals surface area contributed by atoms with Gasteiger partial charge in [0.1, 0.15) is 11.5 Å². The molecule has 1 aliphatic rings. The molecule has 1 aliphatic heterocycles. The van der Waals surface area contributed by atoms with Gasteiger partial charge in [0.25, 0.3) is 0 Å². The fourth-order valence-corrected chi connectivity index (χ4v) is 2.67. The highest BCUT2D eigenvalue weighted by atomic mass is 35.5. The van der Waals surface area contributed by atoms with Crippen molar-refractivity contribution in [3.05, 3.63) is 63.4 Å². The topological polar surface area (TPSA) is 35.5 Å². The summed E-state index contributed by atoms with van der Waals surface area (Å²) in [6.45, 7) is 3.74. The highest BCUT2D eigenvalue weighted by Gasteiger charge is 2.30. The molecule has 2 aromatic carbocycles. The van der Waals surface area contributed by atoms with Gasteiger partial charge in [0, 0.05) is 5.02 Å². The number of aryl methyl sites for hydroxylation is 1. The summed E-state index contributed by atoms with van der Waals surface area (Å²) in [7, 11) is 1.61. The molecule has 0 saturated carbocycles. The van der Waals surface area contributed by atoms with Gasteiger partial charge >= 0.3 is 0 Å². The Morgan fingerprint density at radius 2 is 1.86 bits per heavy atom. The molecule has 0 aliphatic carbocycles. The van der Waals surface area contributed by atoms with Gasteiger partial charge in [-0.05, 0) is 54.8 Å². The third kappa shape index (κ3) is 2.38. The third-order valence-electron chi connectivity index (χ3n) is 3.73. The number of ketones is 1. The SMILES string of the molecule is COc1ccc(/C=C2\Oc3cc(C)c(Cl)c(C)c3C2=O)cc1. The number of hydrogen-bond acceptors (Lipinski definition) is 3. The van der Waals surface area contributed by atoms with Crippen LogP contribution >= 0.6 is 11.6 Å². The molecule has 112 valence electrons. The predicted octanol–water partition coefficient (Wildman–Crippen LogP) is 4.58. The number of ether oxygens (including phenoxy) is 2. The summed E-state index contributed by atoms with van der Waals surface area (Å²) in [4.78, 5) is 12.5. The molecule has 0 saturated heterocycles. The number of carbonyl (C=O) groups excluding carboxylic acids is 1. The van der Waals surface area contributed by atoms with Crippen molar-refractivity contribution in [3.63, 3.8) is 0 Å². The number of halogens is 1. The maximum Gasteiger partial charge on any atom is 0.232 e. The van der Waals surface area contributed by atoms with Crippen LogP contribution < -0.4 is 9.47 Å². The molecule has 0 unspecified atom stereocenters. The quantitative estimate of drug-likeness (QED) is 0.761. The van der Waals surface area contributed by atoms with Crippen LogP contribution in [-0.4, -0.2) is 12.9 Å². The van der Waals surface area contributed by atoms with Crippen LogP contribution in [0.4, 0.5) is 0 Å². The molecular formula is C18H15ClO3. The molecule has 3 nitrogen and oxygen atoms in total. The smallest absolute Gasteiger partial charge is 0.232 e. The first-order valence-electron chi connectivity index (χ1n) is 6.89. The first-order chi connectivity index (χ1) is 10.5. The second kappa shape index (κ2) is 5.50. The Bertz CT molecular complexity index is 789. The highest BCUT2D eigenvalue weighted by molar-refractivity contribution is 6.33. The molecule has 0 amide bonds. The largest absolute Gasteiger partial charge is 0.497 e. The maximum atomic E-state index is 12.5. The van der Waals surface area contributed by atoms with Gasteiger partial charge in [-0.15, -0.1) is 0 Å². The molecule has 2 aromatic rings. The summed E-state index contributed by atoms with van der Waals surface area (Å²) in [5.74, 6) is 1.52. The van der Waals surface area contributed by atoms with Crippen LogP contribution in [0.3, 0.4) is 0 Å². The van der Waals surface area contributed by atoms with E-state index in [0.29, 0.717) is 22.1 Å². The molecule has 0 aromatic heterocycles. The van der Waals surface area contributed by atoms with Crippen molar-refractivity contribution in [2.45, 2.75) is 13.8 Å². The summed E-state index contributed by atoms with van der Waals surface area (Å²) in [5.41, 5.74) is 3.09. The summed E-state index contributed by atoms with van der Waals surface area (Å²) < 4.78 is 10.8. The zero-order valence-electron chi connectivity index (χ0n) is 12.6. The molecule has 4 heteroatoms. The van der Waals surface area contributed by atoms with Gasteiger partial charge < -0.3 is 9.47 Å². The number of allylic oxidation sites excluding steroid dienone is 1. The van der Waals surface area contributed by atoms with Crippen LogP contribution in [0, 0.1) is 13.8 Å². The van der Waals surface area contributed by atoms with Gasteiger partial charge in [-0.3, -0.25) is 4.79 Å². The molecule has 0 radical (unpaired) electrons. The molecule has 0 fully saturated rings. The van der Waals surface area contributed by atoms with E-state index in [1.54, 1.807) is 19.3 Å². The van der Waals surface area contributed by atoms with Crippen LogP contribution in [0.1, 0.15) is 27.0 Å². The molecule has 1 heterocycles. The van der Waals surface area contributed by atoms with Crippen molar-refractivity contribution in [1.82, 2.24) is 0 Å². The maximum absolute atomic E-state index is 12.5. The minimum absolute atomic E-state index is 0.134. The summed E-state index contributed by atoms with van der Waals surface area (Å²) in [6, 6.07) is 9.22. The van der Waals surface area contributed by atoms with Crippen molar-refractivity contribution >= 4 is 23.5 Å². The first kappa shape index (κ1) is 14.7. The van der Waals surface area contributed by atoms with E-state index in [-0.39, 0.29) is 5.78 Å². The van der Waals surface area contributed by atoms with Crippen LogP contribution in [0.2, 0.25) is 5.02 Å². The number of Topliss-reactive ketones (excluding diaryl/α,β-unsaturated/α-hetero) is 1. The van der Waals surface area contributed by atoms with E-state index < -0.39 is 0 Å². The Hall–Kier alpha value is -2.26. The monoisotopic (exact) mass is 314 g/mol. The molecular weight excluding hydrogens is 300 g/mol. The van der Waals surface area contributed by atoms with Crippen LogP contribution in [0.15, 0.2) is 36.1 Å². The predicted molar refractivity (Wildman–Crippen MR) is 86.9 cm³/mol. The van der Waals surface area contributed by atoms with Crippen molar-refractivity contribution < 1.29 is 14.3 Å². The molecule has 0 N–H and O–H groups in total. The van der Waals surface area contributed by atoms with E-state index in [2.05, 4.69) is 0 Å². The lowest BCUT2D eigenvalue weighted by Crippen LogP contribution is -2.00. The second-order valence-corrected chi connectivity index (χ2v) is 5.60. The lowest BCUT2D eigenvalue weighted by molar-refractivity contribution is 0.101. The van der Waals surface area contributed by atoms with E-state index in [1.807, 2.05) is 38.1 Å². The van der Waals surface area contributed by atoms with E-state index in [1.165, 1.54) is 0 Å². The van der Waals surface area contributed by atoms with Gasteiger partial charge in [-0.1, -0.05) is 23.7 Å². The molecule has 0 bridgehead atoms. The molecule has 0 atom stereocenters. The Labute approximate surface area is 134 Å². The summed E-state index contributed by atoms with van der Waals surface area (Å²) in [5, 5.41) is 0.612. The summed E-state index contributed by atoms with van der Waals surface area (Å²) >= 11 is 6.23. The minimum Gasteiger partial charge on any atom is -0.497 e. The molecule has 0 spiro atoms. The van der Waals surface area contributed by atoms with Gasteiger partial charge in [0.15, 0.2) is 5.76 Å². The van der Waals surface area contributed by atoms with E-state index >= 15 is 0 Å². The van der Waals surface area contributed by atoms with Gasteiger partial charge in [0.2, 0.25) is 5.78 Å². The van der Waals surface area contributed by atoms with Crippen LogP contribution in [0.5, 0.6) is 11.5 Å². The third-order valence-corrected chi connectivity index (χ3v) is 4.31. The zero-order valence-corrected chi connectivity index (χ0v) is 13.3. The number of hydrogen-bond donors (Lipinski definition) is 0. The van der Waals surface area contributed by atoms with Crippen LogP contribution in [-0.2, 0) is 0 Å². The minimum atomic E-state index is -0.134. The normalized spacial score (nSPS) is 14.9. The highest BCUT2D eigenvalue weighted by Crippen LogP contribution is 2.39. The Morgan fingerprint density at radius 3 is 2.50 bits per heavy atom. The average molecular weight is 315 g/mol. The Balaban J connectivity index is 2.00. The van der Waals surface area contributed by atoms with Crippen molar-refractivity contribution in [2.75, 3.05) is 7.11 Å². The standard InChI is InChI=1S/C18H15ClO3/c1-10-8-14-16(11(2)17(10)19)18(20)15(22-14)9-12-4-6-13(21-3)7-5-12/h4-9H,1-3H3/b15-9-. The number of methoxy groups -OCH3 is 1. The fraction of sp³-hybridized carbons (Fsp3) is 0.167. The Morgan fingerprint density at radius 1 is 1.18 bits per heavy atom. The number of fused-ring (bicyclic) bond motifs is 1. The molecule has 22 heavy (non-hydrogen) atoms. The van der Waals surface area contributed by atoms with E-state index in [9.17, 15) is 4.79 Å².